The molecule has 0 aliphatic carbocycles. The summed E-state index contributed by atoms with van der Waals surface area (Å²) in [7, 11) is 0. The largest absolute Gasteiger partial charge is 0.356 e. The van der Waals surface area contributed by atoms with E-state index in [-0.39, 0.29) is 11.8 Å². The van der Waals surface area contributed by atoms with Gasteiger partial charge in [-0.2, -0.15) is 0 Å². The molecule has 0 bridgehead atoms. The molecule has 0 spiro atoms. The molecule has 0 radical (unpaired) electrons. The van der Waals surface area contributed by atoms with Gasteiger partial charge in [0, 0.05) is 24.4 Å². The van der Waals surface area contributed by atoms with E-state index in [0.717, 1.165) is 6.42 Å². The number of amides is 2. The van der Waals surface area contributed by atoms with Gasteiger partial charge in [-0.3, -0.25) is 9.59 Å². The van der Waals surface area contributed by atoms with E-state index in [1.807, 2.05) is 13.0 Å². The van der Waals surface area contributed by atoms with Crippen LogP contribution in [0.25, 0.3) is 0 Å². The van der Waals surface area contributed by atoms with Crippen LogP contribution in [-0.2, 0) is 4.79 Å². The molecule has 0 unspecified atom stereocenters. The van der Waals surface area contributed by atoms with Gasteiger partial charge in [0.15, 0.2) is 0 Å². The van der Waals surface area contributed by atoms with Crippen molar-refractivity contribution in [2.24, 2.45) is 0 Å². The number of hydrogen-bond donors (Lipinski definition) is 3. The van der Waals surface area contributed by atoms with Crippen molar-refractivity contribution < 1.29 is 9.59 Å². The van der Waals surface area contributed by atoms with E-state index in [9.17, 15) is 9.59 Å². The van der Waals surface area contributed by atoms with Gasteiger partial charge in [0.25, 0.3) is 5.91 Å². The molecular formula is C13H18N2O2S. The highest BCUT2D eigenvalue weighted by Gasteiger charge is 2.08. The highest BCUT2D eigenvalue weighted by molar-refractivity contribution is 7.80. The second kappa shape index (κ2) is 7.76. The number of hydrogen-bond acceptors (Lipinski definition) is 3. The van der Waals surface area contributed by atoms with Gasteiger partial charge in [-0.05, 0) is 18.6 Å². The smallest absolute Gasteiger partial charge is 0.252 e. The maximum Gasteiger partial charge on any atom is 0.252 e. The quantitative estimate of drug-likeness (QED) is 0.685. The van der Waals surface area contributed by atoms with Crippen LogP contribution < -0.4 is 10.6 Å². The molecule has 0 aliphatic rings. The van der Waals surface area contributed by atoms with Gasteiger partial charge in [-0.15, -0.1) is 12.6 Å². The van der Waals surface area contributed by atoms with Gasteiger partial charge < -0.3 is 10.6 Å². The highest BCUT2D eigenvalue weighted by atomic mass is 32.1. The SMILES string of the molecule is CCCNC(=O)CCNC(=O)c1ccccc1S. The lowest BCUT2D eigenvalue weighted by Crippen LogP contribution is -2.31. The molecule has 1 rings (SSSR count). The summed E-state index contributed by atoms with van der Waals surface area (Å²) in [5, 5.41) is 5.45. The Morgan fingerprint density at radius 2 is 1.89 bits per heavy atom. The normalized spacial score (nSPS) is 9.89. The third-order valence-corrected chi connectivity index (χ3v) is 2.75. The standard InChI is InChI=1S/C13H18N2O2S/c1-2-8-14-12(16)7-9-15-13(17)10-5-3-4-6-11(10)18/h3-6,18H,2,7-9H2,1H3,(H,14,16)(H,15,17). The fourth-order valence-corrected chi connectivity index (χ4v) is 1.67. The Bertz CT molecular complexity index is 421. The van der Waals surface area contributed by atoms with Crippen molar-refractivity contribution in [3.8, 4) is 0 Å². The molecule has 0 aromatic heterocycles. The molecule has 0 saturated carbocycles. The van der Waals surface area contributed by atoms with Gasteiger partial charge in [0.05, 0.1) is 5.56 Å². The Balaban J connectivity index is 2.34. The molecule has 2 amide bonds. The molecule has 1 aromatic rings. The van der Waals surface area contributed by atoms with Crippen LogP contribution in [0.3, 0.4) is 0 Å². The fourth-order valence-electron chi connectivity index (χ4n) is 1.40. The molecule has 4 nitrogen and oxygen atoms in total. The van der Waals surface area contributed by atoms with Crippen LogP contribution >= 0.6 is 12.6 Å². The van der Waals surface area contributed by atoms with Crippen LogP contribution in [0.5, 0.6) is 0 Å². The van der Waals surface area contributed by atoms with Crippen molar-refractivity contribution >= 4 is 24.4 Å². The number of nitrogens with one attached hydrogen (secondary N) is 2. The zero-order chi connectivity index (χ0) is 13.4. The lowest BCUT2D eigenvalue weighted by Gasteiger charge is -2.07. The molecule has 98 valence electrons. The molecule has 0 heterocycles. The molecule has 0 saturated heterocycles. The zero-order valence-corrected chi connectivity index (χ0v) is 11.3. The van der Waals surface area contributed by atoms with Crippen molar-refractivity contribution in [3.63, 3.8) is 0 Å². The van der Waals surface area contributed by atoms with Crippen molar-refractivity contribution in [1.82, 2.24) is 10.6 Å². The second-order valence-corrected chi connectivity index (χ2v) is 4.35. The van der Waals surface area contributed by atoms with E-state index in [2.05, 4.69) is 23.3 Å². The average Bonchev–Trinajstić information content (AvgIpc) is 2.36. The summed E-state index contributed by atoms with van der Waals surface area (Å²) >= 11 is 4.21. The fraction of sp³-hybridized carbons (Fsp3) is 0.385. The summed E-state index contributed by atoms with van der Waals surface area (Å²) in [6, 6.07) is 7.06. The Labute approximate surface area is 113 Å². The van der Waals surface area contributed by atoms with E-state index in [1.54, 1.807) is 18.2 Å². The highest BCUT2D eigenvalue weighted by Crippen LogP contribution is 2.12. The van der Waals surface area contributed by atoms with Crippen molar-refractivity contribution in [1.29, 1.82) is 0 Å². The van der Waals surface area contributed by atoms with Crippen LogP contribution in [0.1, 0.15) is 30.1 Å². The minimum Gasteiger partial charge on any atom is -0.356 e. The van der Waals surface area contributed by atoms with E-state index < -0.39 is 0 Å². The maximum atomic E-state index is 11.8. The van der Waals surface area contributed by atoms with Crippen LogP contribution in [0.15, 0.2) is 29.2 Å². The monoisotopic (exact) mass is 266 g/mol. The minimum atomic E-state index is -0.205. The Kier molecular flexibility index (Phi) is 6.28. The summed E-state index contributed by atoms with van der Waals surface area (Å²) in [6.45, 7) is 2.99. The Morgan fingerprint density at radius 3 is 2.56 bits per heavy atom. The van der Waals surface area contributed by atoms with Crippen LogP contribution in [-0.4, -0.2) is 24.9 Å². The number of thiol groups is 1. The summed E-state index contributed by atoms with van der Waals surface area (Å²) in [5.74, 6) is -0.250. The van der Waals surface area contributed by atoms with Crippen molar-refractivity contribution in [2.45, 2.75) is 24.7 Å². The molecule has 0 atom stereocenters. The van der Waals surface area contributed by atoms with E-state index >= 15 is 0 Å². The van der Waals surface area contributed by atoms with E-state index in [1.165, 1.54) is 0 Å². The van der Waals surface area contributed by atoms with E-state index in [0.29, 0.717) is 30.0 Å². The molecule has 0 aliphatic heterocycles. The zero-order valence-electron chi connectivity index (χ0n) is 10.4. The lowest BCUT2D eigenvalue weighted by atomic mass is 10.2. The van der Waals surface area contributed by atoms with Crippen LogP contribution in [0.2, 0.25) is 0 Å². The van der Waals surface area contributed by atoms with Gasteiger partial charge in [0.1, 0.15) is 0 Å². The average molecular weight is 266 g/mol. The first-order valence-electron chi connectivity index (χ1n) is 5.98. The maximum absolute atomic E-state index is 11.8. The van der Waals surface area contributed by atoms with Gasteiger partial charge in [-0.25, -0.2) is 0 Å². The number of carbonyl (C=O) groups is 2. The second-order valence-electron chi connectivity index (χ2n) is 3.87. The molecule has 0 fully saturated rings. The summed E-state index contributed by atoms with van der Waals surface area (Å²) in [4.78, 5) is 23.7. The summed E-state index contributed by atoms with van der Waals surface area (Å²) < 4.78 is 0. The lowest BCUT2D eigenvalue weighted by molar-refractivity contribution is -0.120. The number of rotatable bonds is 6. The molecule has 1 aromatic carbocycles. The van der Waals surface area contributed by atoms with Gasteiger partial charge in [0.2, 0.25) is 5.91 Å². The van der Waals surface area contributed by atoms with E-state index in [4.69, 9.17) is 0 Å². The first-order chi connectivity index (χ1) is 8.65. The molecule has 18 heavy (non-hydrogen) atoms. The first kappa shape index (κ1) is 14.6. The van der Waals surface area contributed by atoms with Crippen LogP contribution in [0, 0.1) is 0 Å². The predicted molar refractivity (Wildman–Crippen MR) is 73.9 cm³/mol. The number of benzene rings is 1. The third-order valence-electron chi connectivity index (χ3n) is 2.36. The Hall–Kier alpha value is -1.49. The van der Waals surface area contributed by atoms with Gasteiger partial charge >= 0.3 is 0 Å². The molecular weight excluding hydrogens is 248 g/mol. The number of carbonyl (C=O) groups excluding carboxylic acids is 2. The minimum absolute atomic E-state index is 0.0451. The molecule has 5 heteroatoms. The van der Waals surface area contributed by atoms with Crippen LogP contribution in [0.4, 0.5) is 0 Å². The van der Waals surface area contributed by atoms with Gasteiger partial charge in [-0.1, -0.05) is 19.1 Å². The molecule has 2 N–H and O–H groups in total. The Morgan fingerprint density at radius 1 is 1.17 bits per heavy atom. The predicted octanol–water partition coefficient (Wildman–Crippen LogP) is 1.62. The summed E-state index contributed by atoms with van der Waals surface area (Å²) in [6.07, 6.45) is 1.20. The summed E-state index contributed by atoms with van der Waals surface area (Å²) in [5.41, 5.74) is 0.523. The van der Waals surface area contributed by atoms with Crippen molar-refractivity contribution in [3.05, 3.63) is 29.8 Å². The topological polar surface area (TPSA) is 58.2 Å². The van der Waals surface area contributed by atoms with Crippen molar-refractivity contribution in [2.75, 3.05) is 13.1 Å². The third kappa shape index (κ3) is 4.79. The first-order valence-corrected chi connectivity index (χ1v) is 6.42.